The van der Waals surface area contributed by atoms with E-state index in [1.54, 1.807) is 4.90 Å². The van der Waals surface area contributed by atoms with Gasteiger partial charge in [-0.25, -0.2) is 23.5 Å². The van der Waals surface area contributed by atoms with E-state index in [0.29, 0.717) is 45.4 Å². The number of benzene rings is 1. The molecule has 0 aromatic heterocycles. The fraction of sp³-hybridized carbons (Fsp3) is 0.692. The third-order valence-corrected chi connectivity index (χ3v) is 10.1. The Balaban J connectivity index is 1.55. The number of nitrogens with zero attached hydrogens (tertiary/aromatic N) is 1. The van der Waals surface area contributed by atoms with Crippen LogP contribution >= 0.6 is 0 Å². The molecule has 3 fully saturated rings. The van der Waals surface area contributed by atoms with E-state index >= 15 is 0 Å². The number of hydrogen-bond donors (Lipinski definition) is 2. The van der Waals surface area contributed by atoms with E-state index in [9.17, 15) is 23.1 Å². The SMILES string of the molecule is CC(C)(C)OC(=O)N1CCC2(CC1)CCC(C(=O)NOC1CCCCO1)(S(=O)(=O)c1ccc(O)cc1)C2. The molecular weight excluding hydrogens is 500 g/mol. The van der Waals surface area contributed by atoms with Crippen molar-refractivity contribution in [2.45, 2.75) is 93.7 Å². The number of amides is 2. The van der Waals surface area contributed by atoms with Crippen LogP contribution in [-0.2, 0) is 28.9 Å². The molecule has 2 saturated heterocycles. The molecule has 1 aromatic carbocycles. The van der Waals surface area contributed by atoms with Crippen LogP contribution in [0.5, 0.6) is 5.75 Å². The van der Waals surface area contributed by atoms with Gasteiger partial charge in [0.05, 0.1) is 4.90 Å². The topological polar surface area (TPSA) is 131 Å². The van der Waals surface area contributed by atoms with Gasteiger partial charge in [0.1, 0.15) is 11.4 Å². The summed E-state index contributed by atoms with van der Waals surface area (Å²) in [4.78, 5) is 33.3. The molecule has 11 heteroatoms. The molecule has 2 atom stereocenters. The van der Waals surface area contributed by atoms with E-state index in [1.807, 2.05) is 20.8 Å². The summed E-state index contributed by atoms with van der Waals surface area (Å²) in [5.41, 5.74) is 1.40. The van der Waals surface area contributed by atoms with Gasteiger partial charge in [-0.15, -0.1) is 0 Å². The second-order valence-corrected chi connectivity index (χ2v) is 13.7. The smallest absolute Gasteiger partial charge is 0.410 e. The normalized spacial score (nSPS) is 26.1. The summed E-state index contributed by atoms with van der Waals surface area (Å²) in [7, 11) is -4.15. The zero-order chi connectivity index (χ0) is 26.9. The van der Waals surface area contributed by atoms with Gasteiger partial charge in [0.2, 0.25) is 0 Å². The summed E-state index contributed by atoms with van der Waals surface area (Å²) in [6.45, 7) is 6.82. The van der Waals surface area contributed by atoms with Gasteiger partial charge >= 0.3 is 6.09 Å². The second-order valence-electron chi connectivity index (χ2n) is 11.5. The molecule has 2 amide bonds. The molecule has 2 heterocycles. The summed E-state index contributed by atoms with van der Waals surface area (Å²) < 4.78 is 37.3. The highest BCUT2D eigenvalue weighted by Crippen LogP contribution is 2.55. The Morgan fingerprint density at radius 3 is 2.35 bits per heavy atom. The lowest BCUT2D eigenvalue weighted by Gasteiger charge is -2.40. The van der Waals surface area contributed by atoms with Crippen LogP contribution in [0.2, 0.25) is 0 Å². The number of carbonyl (C=O) groups is 2. The van der Waals surface area contributed by atoms with Crippen LogP contribution in [0.25, 0.3) is 0 Å². The van der Waals surface area contributed by atoms with Crippen molar-refractivity contribution in [3.8, 4) is 5.75 Å². The minimum absolute atomic E-state index is 0.0300. The van der Waals surface area contributed by atoms with Crippen molar-refractivity contribution in [1.29, 1.82) is 0 Å². The van der Waals surface area contributed by atoms with Crippen LogP contribution < -0.4 is 5.48 Å². The molecule has 1 aromatic rings. The molecule has 2 N–H and O–H groups in total. The third kappa shape index (κ3) is 5.88. The number of piperidine rings is 1. The number of carbonyl (C=O) groups excluding carboxylic acids is 2. The van der Waals surface area contributed by atoms with Crippen molar-refractivity contribution < 1.29 is 37.4 Å². The number of nitrogens with one attached hydrogen (secondary N) is 1. The Morgan fingerprint density at radius 2 is 1.76 bits per heavy atom. The molecule has 2 unspecified atom stereocenters. The Morgan fingerprint density at radius 1 is 1.08 bits per heavy atom. The van der Waals surface area contributed by atoms with Gasteiger partial charge in [-0.2, -0.15) is 0 Å². The van der Waals surface area contributed by atoms with Crippen molar-refractivity contribution >= 4 is 21.8 Å². The van der Waals surface area contributed by atoms with Crippen LogP contribution in [0, 0.1) is 5.41 Å². The first-order chi connectivity index (χ1) is 17.4. The van der Waals surface area contributed by atoms with Gasteiger partial charge in [-0.3, -0.25) is 4.79 Å². The highest BCUT2D eigenvalue weighted by molar-refractivity contribution is 7.93. The number of sulfone groups is 1. The summed E-state index contributed by atoms with van der Waals surface area (Å²) >= 11 is 0. The number of phenolic OH excluding ortho intramolecular Hbond substituents is 1. The average Bonchev–Trinajstić information content (AvgIpc) is 3.23. The first kappa shape index (κ1) is 27.7. The van der Waals surface area contributed by atoms with Gasteiger partial charge in [0, 0.05) is 26.1 Å². The average molecular weight is 539 g/mol. The summed E-state index contributed by atoms with van der Waals surface area (Å²) in [6, 6.07) is 5.24. The number of likely N-dealkylation sites (tertiary alicyclic amines) is 1. The Hall–Kier alpha value is -2.37. The summed E-state index contributed by atoms with van der Waals surface area (Å²) in [5, 5.41) is 9.68. The highest BCUT2D eigenvalue weighted by atomic mass is 32.2. The predicted octanol–water partition coefficient (Wildman–Crippen LogP) is 3.68. The van der Waals surface area contributed by atoms with Crippen LogP contribution in [-0.4, -0.2) is 66.8 Å². The fourth-order valence-corrected chi connectivity index (χ4v) is 7.68. The zero-order valence-electron chi connectivity index (χ0n) is 21.8. The van der Waals surface area contributed by atoms with Gasteiger partial charge in [0.25, 0.3) is 5.91 Å². The van der Waals surface area contributed by atoms with E-state index in [2.05, 4.69) is 5.48 Å². The van der Waals surface area contributed by atoms with E-state index in [0.717, 1.165) is 12.8 Å². The summed E-state index contributed by atoms with van der Waals surface area (Å²) in [5.74, 6) is -0.770. The predicted molar refractivity (Wildman–Crippen MR) is 134 cm³/mol. The minimum atomic E-state index is -4.15. The van der Waals surface area contributed by atoms with E-state index < -0.39 is 37.8 Å². The lowest BCUT2D eigenvalue weighted by Crippen LogP contribution is -2.53. The molecule has 3 aliphatic rings. The minimum Gasteiger partial charge on any atom is -0.508 e. The quantitative estimate of drug-likeness (QED) is 0.543. The number of ether oxygens (including phenoxy) is 2. The molecule has 37 heavy (non-hydrogen) atoms. The summed E-state index contributed by atoms with van der Waals surface area (Å²) in [6.07, 6.45) is 3.33. The maximum absolute atomic E-state index is 14.0. The van der Waals surface area contributed by atoms with Crippen LogP contribution in [0.4, 0.5) is 4.79 Å². The second kappa shape index (κ2) is 10.4. The van der Waals surface area contributed by atoms with Crippen LogP contribution in [0.1, 0.15) is 72.1 Å². The maximum atomic E-state index is 14.0. The first-order valence-electron chi connectivity index (χ1n) is 13.0. The number of hydrogen-bond acceptors (Lipinski definition) is 8. The number of hydroxylamine groups is 1. The molecular formula is C26H38N2O8S. The van der Waals surface area contributed by atoms with Crippen molar-refractivity contribution in [2.24, 2.45) is 5.41 Å². The standard InChI is InChI=1S/C26H38N2O8S/c1-24(2,3)35-23(31)28-15-13-25(14-16-28)11-12-26(18-25,22(30)27-36-21-6-4-5-17-34-21)37(32,33)20-9-7-19(29)8-10-20/h7-10,21,29H,4-6,11-18H2,1-3H3,(H,27,30). The number of phenols is 1. The largest absolute Gasteiger partial charge is 0.508 e. The van der Waals surface area contributed by atoms with Gasteiger partial charge in [0.15, 0.2) is 20.9 Å². The lowest BCUT2D eigenvalue weighted by atomic mass is 9.76. The molecule has 2 aliphatic heterocycles. The highest BCUT2D eigenvalue weighted by Gasteiger charge is 2.61. The molecule has 1 saturated carbocycles. The molecule has 4 rings (SSSR count). The molecule has 206 valence electrons. The number of rotatable bonds is 5. The van der Waals surface area contributed by atoms with E-state index in [-0.39, 0.29) is 29.6 Å². The Labute approximate surface area is 218 Å². The molecule has 0 radical (unpaired) electrons. The van der Waals surface area contributed by atoms with Gasteiger partial charge in [-0.05, 0) is 95.4 Å². The van der Waals surface area contributed by atoms with E-state index in [1.165, 1.54) is 24.3 Å². The molecule has 0 bridgehead atoms. The van der Waals surface area contributed by atoms with Crippen molar-refractivity contribution in [2.75, 3.05) is 19.7 Å². The van der Waals surface area contributed by atoms with Crippen molar-refractivity contribution in [3.63, 3.8) is 0 Å². The first-order valence-corrected chi connectivity index (χ1v) is 14.4. The van der Waals surface area contributed by atoms with Crippen LogP contribution in [0.3, 0.4) is 0 Å². The Bertz CT molecular complexity index is 1080. The van der Waals surface area contributed by atoms with E-state index in [4.69, 9.17) is 14.3 Å². The monoisotopic (exact) mass is 538 g/mol. The maximum Gasteiger partial charge on any atom is 0.410 e. The lowest BCUT2D eigenvalue weighted by molar-refractivity contribution is -0.201. The third-order valence-electron chi connectivity index (χ3n) is 7.69. The fourth-order valence-electron chi connectivity index (χ4n) is 5.58. The molecule has 10 nitrogen and oxygen atoms in total. The van der Waals surface area contributed by atoms with Gasteiger partial charge < -0.3 is 19.5 Å². The zero-order valence-corrected chi connectivity index (χ0v) is 22.6. The molecule has 1 spiro atoms. The van der Waals surface area contributed by atoms with Crippen molar-refractivity contribution in [3.05, 3.63) is 24.3 Å². The Kier molecular flexibility index (Phi) is 7.79. The number of aromatic hydroxyl groups is 1. The molecule has 1 aliphatic carbocycles. The van der Waals surface area contributed by atoms with Crippen molar-refractivity contribution in [1.82, 2.24) is 10.4 Å². The van der Waals surface area contributed by atoms with Gasteiger partial charge in [-0.1, -0.05) is 0 Å². The van der Waals surface area contributed by atoms with Crippen LogP contribution in [0.15, 0.2) is 29.2 Å².